The van der Waals surface area contributed by atoms with E-state index in [0.29, 0.717) is 17.9 Å². The Labute approximate surface area is 142 Å². The number of hydrogen-bond donors (Lipinski definition) is 3. The summed E-state index contributed by atoms with van der Waals surface area (Å²) in [6.07, 6.45) is 2.89. The van der Waals surface area contributed by atoms with E-state index >= 15 is 0 Å². The van der Waals surface area contributed by atoms with Crippen LogP contribution in [-0.2, 0) is 0 Å². The summed E-state index contributed by atoms with van der Waals surface area (Å²) in [7, 11) is 0. The quantitative estimate of drug-likeness (QED) is 0.633. The number of aromatic nitrogens is 5. The highest BCUT2D eigenvalue weighted by atomic mass is 19.1. The van der Waals surface area contributed by atoms with Crippen LogP contribution in [0.5, 0.6) is 0 Å². The molecule has 3 aromatic rings. The van der Waals surface area contributed by atoms with Crippen LogP contribution in [0.25, 0.3) is 0 Å². The maximum atomic E-state index is 13.9. The van der Waals surface area contributed by atoms with Gasteiger partial charge in [-0.15, -0.1) is 0 Å². The predicted octanol–water partition coefficient (Wildman–Crippen LogP) is 3.49. The number of nitrogens with one attached hydrogen (secondary N) is 3. The molecule has 0 amide bonds. The van der Waals surface area contributed by atoms with E-state index in [1.165, 1.54) is 6.07 Å². The molecular formula is C16H17F2N7. The zero-order valence-electron chi connectivity index (χ0n) is 13.7. The topological polar surface area (TPSA) is 91.4 Å². The number of rotatable bonds is 6. The van der Waals surface area contributed by atoms with Gasteiger partial charge < -0.3 is 10.6 Å². The molecule has 0 fully saturated rings. The maximum absolute atomic E-state index is 13.9. The zero-order valence-corrected chi connectivity index (χ0v) is 13.7. The van der Waals surface area contributed by atoms with Crippen molar-refractivity contribution in [2.24, 2.45) is 0 Å². The monoisotopic (exact) mass is 345 g/mol. The Morgan fingerprint density at radius 3 is 2.68 bits per heavy atom. The first kappa shape index (κ1) is 16.7. The van der Waals surface area contributed by atoms with Crippen molar-refractivity contribution in [3.8, 4) is 0 Å². The molecule has 0 aliphatic carbocycles. The Balaban J connectivity index is 1.79. The van der Waals surface area contributed by atoms with Gasteiger partial charge in [0, 0.05) is 11.8 Å². The minimum atomic E-state index is -0.598. The van der Waals surface area contributed by atoms with E-state index in [-0.39, 0.29) is 17.8 Å². The molecule has 3 N–H and O–H groups in total. The number of nitrogens with zero attached hydrogens (tertiary/aromatic N) is 4. The van der Waals surface area contributed by atoms with E-state index in [0.717, 1.165) is 18.1 Å². The van der Waals surface area contributed by atoms with Crippen molar-refractivity contribution in [1.29, 1.82) is 0 Å². The predicted molar refractivity (Wildman–Crippen MR) is 89.4 cm³/mol. The third-order valence-corrected chi connectivity index (χ3v) is 3.52. The van der Waals surface area contributed by atoms with Crippen molar-refractivity contribution >= 4 is 17.6 Å². The zero-order chi connectivity index (χ0) is 17.8. The summed E-state index contributed by atoms with van der Waals surface area (Å²) in [6, 6.07) is 4.43. The molecule has 0 saturated heterocycles. The highest BCUT2D eigenvalue weighted by Gasteiger charge is 2.14. The lowest BCUT2D eigenvalue weighted by Crippen LogP contribution is -2.14. The maximum Gasteiger partial charge on any atom is 0.225 e. The van der Waals surface area contributed by atoms with Crippen LogP contribution in [0.1, 0.15) is 30.8 Å². The number of pyridine rings is 1. The van der Waals surface area contributed by atoms with E-state index in [4.69, 9.17) is 0 Å². The summed E-state index contributed by atoms with van der Waals surface area (Å²) in [5, 5.41) is 12.6. The largest absolute Gasteiger partial charge is 0.346 e. The van der Waals surface area contributed by atoms with Gasteiger partial charge in [-0.1, -0.05) is 6.92 Å². The van der Waals surface area contributed by atoms with Crippen molar-refractivity contribution in [2.45, 2.75) is 26.3 Å². The molecule has 0 radical (unpaired) electrons. The van der Waals surface area contributed by atoms with Crippen LogP contribution >= 0.6 is 0 Å². The van der Waals surface area contributed by atoms with Gasteiger partial charge in [-0.2, -0.15) is 10.1 Å². The van der Waals surface area contributed by atoms with Crippen molar-refractivity contribution in [3.63, 3.8) is 0 Å². The Bertz CT molecular complexity index is 848. The van der Waals surface area contributed by atoms with Crippen LogP contribution in [0, 0.1) is 18.6 Å². The molecule has 0 bridgehead atoms. The molecule has 7 nitrogen and oxygen atoms in total. The van der Waals surface area contributed by atoms with Crippen LogP contribution in [-0.4, -0.2) is 25.1 Å². The van der Waals surface area contributed by atoms with Crippen LogP contribution in [0.3, 0.4) is 0 Å². The first-order valence-electron chi connectivity index (χ1n) is 7.74. The second-order valence-electron chi connectivity index (χ2n) is 5.46. The highest BCUT2D eigenvalue weighted by molar-refractivity contribution is 5.53. The van der Waals surface area contributed by atoms with Gasteiger partial charge in [0.25, 0.3) is 0 Å². The molecular weight excluding hydrogens is 328 g/mol. The average Bonchev–Trinajstić information content (AvgIpc) is 3.01. The van der Waals surface area contributed by atoms with Crippen LogP contribution in [0.4, 0.5) is 26.4 Å². The number of anilines is 3. The fourth-order valence-electron chi connectivity index (χ4n) is 2.26. The first-order valence-corrected chi connectivity index (χ1v) is 7.74. The summed E-state index contributed by atoms with van der Waals surface area (Å²) >= 11 is 0. The molecule has 0 aromatic carbocycles. The van der Waals surface area contributed by atoms with Crippen molar-refractivity contribution in [3.05, 3.63) is 53.6 Å². The molecule has 3 rings (SSSR count). The number of hydrogen-bond acceptors (Lipinski definition) is 6. The number of aryl methyl sites for hydroxylation is 1. The molecule has 3 aromatic heterocycles. The lowest BCUT2D eigenvalue weighted by Gasteiger charge is -2.17. The molecule has 0 saturated carbocycles. The van der Waals surface area contributed by atoms with Crippen molar-refractivity contribution < 1.29 is 8.78 Å². The van der Waals surface area contributed by atoms with Gasteiger partial charge in [0.2, 0.25) is 5.95 Å². The number of H-pyrrole nitrogens is 1. The van der Waals surface area contributed by atoms with E-state index < -0.39 is 11.6 Å². The second kappa shape index (κ2) is 7.20. The standard InChI is InChI=1S/C16H17F2N7/c1-3-12(13-5-4-10(17)7-19-13)21-16-20-8-11(18)15(23-16)22-14-6-9(2)24-25-14/h4-8,12H,3H2,1-2H3,(H3,20,21,22,23,24,25). The molecule has 0 aliphatic heterocycles. The molecule has 1 atom stereocenters. The molecule has 0 aliphatic rings. The number of halogens is 2. The van der Waals surface area contributed by atoms with Gasteiger partial charge in [0.15, 0.2) is 17.5 Å². The van der Waals surface area contributed by atoms with Gasteiger partial charge in [0.1, 0.15) is 5.82 Å². The van der Waals surface area contributed by atoms with E-state index in [1.807, 2.05) is 13.8 Å². The third-order valence-electron chi connectivity index (χ3n) is 3.52. The Hall–Kier alpha value is -3.10. The Morgan fingerprint density at radius 2 is 2.04 bits per heavy atom. The van der Waals surface area contributed by atoms with Crippen LogP contribution < -0.4 is 10.6 Å². The average molecular weight is 345 g/mol. The molecule has 3 heterocycles. The first-order chi connectivity index (χ1) is 12.0. The highest BCUT2D eigenvalue weighted by Crippen LogP contribution is 2.22. The van der Waals surface area contributed by atoms with Gasteiger partial charge in [0.05, 0.1) is 24.1 Å². The Morgan fingerprint density at radius 1 is 1.20 bits per heavy atom. The normalized spacial score (nSPS) is 12.0. The van der Waals surface area contributed by atoms with Gasteiger partial charge in [-0.05, 0) is 25.5 Å². The van der Waals surface area contributed by atoms with Crippen molar-refractivity contribution in [1.82, 2.24) is 25.1 Å². The molecule has 0 spiro atoms. The molecule has 130 valence electrons. The summed E-state index contributed by atoms with van der Waals surface area (Å²) in [6.45, 7) is 3.78. The SMILES string of the molecule is CCC(Nc1ncc(F)c(Nc2cc(C)[nH]n2)n1)c1ccc(F)cn1. The summed E-state index contributed by atoms with van der Waals surface area (Å²) in [5.41, 5.74) is 1.48. The van der Waals surface area contributed by atoms with Crippen LogP contribution in [0.15, 0.2) is 30.6 Å². The van der Waals surface area contributed by atoms with E-state index in [2.05, 4.69) is 35.8 Å². The van der Waals surface area contributed by atoms with E-state index in [1.54, 1.807) is 12.1 Å². The molecule has 1 unspecified atom stereocenters. The van der Waals surface area contributed by atoms with E-state index in [9.17, 15) is 8.78 Å². The minimum absolute atomic E-state index is 0.00548. The summed E-state index contributed by atoms with van der Waals surface area (Å²) < 4.78 is 27.0. The third kappa shape index (κ3) is 4.06. The molecule has 9 heteroatoms. The second-order valence-corrected chi connectivity index (χ2v) is 5.46. The minimum Gasteiger partial charge on any atom is -0.346 e. The van der Waals surface area contributed by atoms with Crippen molar-refractivity contribution in [2.75, 3.05) is 10.6 Å². The lowest BCUT2D eigenvalue weighted by atomic mass is 10.1. The smallest absolute Gasteiger partial charge is 0.225 e. The van der Waals surface area contributed by atoms with Crippen LogP contribution in [0.2, 0.25) is 0 Å². The van der Waals surface area contributed by atoms with Gasteiger partial charge in [-0.25, -0.2) is 13.8 Å². The Kier molecular flexibility index (Phi) is 4.82. The molecule has 25 heavy (non-hydrogen) atoms. The fraction of sp³-hybridized carbons (Fsp3) is 0.250. The van der Waals surface area contributed by atoms with Gasteiger partial charge in [-0.3, -0.25) is 10.1 Å². The fourth-order valence-corrected chi connectivity index (χ4v) is 2.26. The summed E-state index contributed by atoms with van der Waals surface area (Å²) in [5.74, 6) is -0.315. The number of aromatic amines is 1. The lowest BCUT2D eigenvalue weighted by molar-refractivity contribution is 0.611. The summed E-state index contributed by atoms with van der Waals surface area (Å²) in [4.78, 5) is 12.2. The van der Waals surface area contributed by atoms with Gasteiger partial charge >= 0.3 is 0 Å².